The predicted octanol–water partition coefficient (Wildman–Crippen LogP) is 3.68. The molecule has 0 aliphatic heterocycles. The van der Waals surface area contributed by atoms with Crippen LogP contribution in [0.3, 0.4) is 0 Å². The average Bonchev–Trinajstić information content (AvgIpc) is 2.29. The Labute approximate surface area is 96.9 Å². The summed E-state index contributed by atoms with van der Waals surface area (Å²) in [5.41, 5.74) is 2.89. The largest absolute Gasteiger partial charge is 0.478 e. The number of hydrogen-bond donors (Lipinski definition) is 1. The molecule has 1 N–H and O–H groups in total. The van der Waals surface area contributed by atoms with Gasteiger partial charge in [-0.05, 0) is 31.9 Å². The Morgan fingerprint density at radius 1 is 1.38 bits per heavy atom. The van der Waals surface area contributed by atoms with Crippen molar-refractivity contribution in [3.05, 3.63) is 53.6 Å². The summed E-state index contributed by atoms with van der Waals surface area (Å²) in [5.74, 6) is -0.845. The first-order valence-electron chi connectivity index (χ1n) is 5.07. The van der Waals surface area contributed by atoms with Gasteiger partial charge in [0.05, 0.1) is 0 Å². The molecule has 0 fully saturated rings. The minimum absolute atomic E-state index is 0.389. The zero-order chi connectivity index (χ0) is 12.6. The van der Waals surface area contributed by atoms with Crippen molar-refractivity contribution in [2.24, 2.45) is 0 Å². The average molecular weight is 218 g/mol. The lowest BCUT2D eigenvalue weighted by Gasteiger charge is -1.95. The van der Waals surface area contributed by atoms with Gasteiger partial charge in [0.2, 0.25) is 0 Å². The highest BCUT2D eigenvalue weighted by molar-refractivity contribution is 5.85. The summed E-state index contributed by atoms with van der Waals surface area (Å²) in [5, 5.41) is 8.11. The topological polar surface area (TPSA) is 37.3 Å². The fourth-order valence-electron chi connectivity index (χ4n) is 0.939. The minimum atomic E-state index is -0.845. The van der Waals surface area contributed by atoms with Crippen LogP contribution in [0.15, 0.2) is 42.5 Å². The zero-order valence-electron chi connectivity index (χ0n) is 10.0. The van der Waals surface area contributed by atoms with Crippen LogP contribution in [-0.4, -0.2) is 11.1 Å². The number of allylic oxidation sites excluding steroid dienone is 1. The summed E-state index contributed by atoms with van der Waals surface area (Å²) in [6.45, 7) is 9.03. The van der Waals surface area contributed by atoms with E-state index >= 15 is 0 Å². The highest BCUT2D eigenvalue weighted by atomic mass is 16.4. The van der Waals surface area contributed by atoms with E-state index in [-0.39, 0.29) is 0 Å². The van der Waals surface area contributed by atoms with Gasteiger partial charge in [-0.1, -0.05) is 43.0 Å². The summed E-state index contributed by atoms with van der Waals surface area (Å²) in [6, 6.07) is 8.19. The number of aliphatic carboxylic acids is 1. The summed E-state index contributed by atoms with van der Waals surface area (Å²) in [4.78, 5) is 9.86. The van der Waals surface area contributed by atoms with Crippen LogP contribution >= 0.6 is 0 Å². The lowest BCUT2D eigenvalue weighted by molar-refractivity contribution is -0.132. The fraction of sp³-hybridized carbons (Fsp3) is 0.214. The SMILES string of the molecule is C=Cc1ccccc1C.CC=C(C)C(=O)O. The van der Waals surface area contributed by atoms with Gasteiger partial charge in [0.25, 0.3) is 0 Å². The van der Waals surface area contributed by atoms with Crippen LogP contribution in [0.25, 0.3) is 6.08 Å². The van der Waals surface area contributed by atoms with Gasteiger partial charge >= 0.3 is 5.97 Å². The summed E-state index contributed by atoms with van der Waals surface area (Å²) in [6.07, 6.45) is 3.43. The van der Waals surface area contributed by atoms with Crippen LogP contribution < -0.4 is 0 Å². The Kier molecular flexibility index (Phi) is 6.61. The van der Waals surface area contributed by atoms with E-state index in [2.05, 4.69) is 25.6 Å². The maximum atomic E-state index is 9.86. The molecule has 0 aliphatic carbocycles. The van der Waals surface area contributed by atoms with Gasteiger partial charge in [0.15, 0.2) is 0 Å². The molecule has 0 radical (unpaired) electrons. The number of carbonyl (C=O) groups is 1. The second kappa shape index (κ2) is 7.46. The molecule has 1 rings (SSSR count). The summed E-state index contributed by atoms with van der Waals surface area (Å²) < 4.78 is 0. The molecule has 1 aromatic rings. The molecule has 2 heteroatoms. The third-order valence-electron chi connectivity index (χ3n) is 2.18. The molecule has 0 atom stereocenters. The van der Waals surface area contributed by atoms with Gasteiger partial charge in [-0.2, -0.15) is 0 Å². The van der Waals surface area contributed by atoms with Crippen LogP contribution in [-0.2, 0) is 4.79 Å². The van der Waals surface area contributed by atoms with Crippen molar-refractivity contribution < 1.29 is 9.90 Å². The maximum absolute atomic E-state index is 9.86. The smallest absolute Gasteiger partial charge is 0.330 e. The molecule has 0 saturated heterocycles. The van der Waals surface area contributed by atoms with E-state index in [0.717, 1.165) is 0 Å². The first kappa shape index (κ1) is 14.2. The van der Waals surface area contributed by atoms with Crippen molar-refractivity contribution in [1.29, 1.82) is 0 Å². The molecule has 16 heavy (non-hydrogen) atoms. The van der Waals surface area contributed by atoms with E-state index in [0.29, 0.717) is 5.57 Å². The molecule has 1 aromatic carbocycles. The maximum Gasteiger partial charge on any atom is 0.330 e. The van der Waals surface area contributed by atoms with E-state index in [4.69, 9.17) is 5.11 Å². The van der Waals surface area contributed by atoms with Gasteiger partial charge in [0, 0.05) is 5.57 Å². The van der Waals surface area contributed by atoms with E-state index < -0.39 is 5.97 Å². The van der Waals surface area contributed by atoms with Gasteiger partial charge in [0.1, 0.15) is 0 Å². The van der Waals surface area contributed by atoms with Crippen molar-refractivity contribution >= 4 is 12.0 Å². The van der Waals surface area contributed by atoms with Crippen molar-refractivity contribution in [2.45, 2.75) is 20.8 Å². The lowest BCUT2D eigenvalue weighted by atomic mass is 10.1. The molecule has 86 valence electrons. The Balaban J connectivity index is 0.000000293. The van der Waals surface area contributed by atoms with Crippen molar-refractivity contribution in [2.75, 3.05) is 0 Å². The predicted molar refractivity (Wildman–Crippen MR) is 68.3 cm³/mol. The Morgan fingerprint density at radius 3 is 2.19 bits per heavy atom. The highest BCUT2D eigenvalue weighted by Gasteiger charge is 1.93. The van der Waals surface area contributed by atoms with Gasteiger partial charge in [-0.15, -0.1) is 0 Å². The van der Waals surface area contributed by atoms with Crippen molar-refractivity contribution in [3.8, 4) is 0 Å². The summed E-state index contributed by atoms with van der Waals surface area (Å²) in [7, 11) is 0. The van der Waals surface area contributed by atoms with Gasteiger partial charge in [-0.25, -0.2) is 4.79 Å². The minimum Gasteiger partial charge on any atom is -0.478 e. The molecule has 0 amide bonds. The molecule has 0 bridgehead atoms. The second-order valence-electron chi connectivity index (χ2n) is 3.34. The Hall–Kier alpha value is -1.83. The quantitative estimate of drug-likeness (QED) is 0.769. The molecule has 2 nitrogen and oxygen atoms in total. The number of hydrogen-bond acceptors (Lipinski definition) is 1. The Morgan fingerprint density at radius 2 is 1.94 bits per heavy atom. The molecule has 0 heterocycles. The third kappa shape index (κ3) is 5.15. The number of aryl methyl sites for hydroxylation is 1. The number of benzene rings is 1. The Bertz CT molecular complexity index is 389. The standard InChI is InChI=1S/C9H10.C5H8O2/c1-3-9-7-5-4-6-8(9)2;1-3-4(2)5(6)7/h3-7H,1H2,2H3;3H,1-2H3,(H,6,7). The van der Waals surface area contributed by atoms with Crippen LogP contribution in [0, 0.1) is 6.92 Å². The van der Waals surface area contributed by atoms with Crippen molar-refractivity contribution in [3.63, 3.8) is 0 Å². The number of carboxylic acids is 1. The van der Waals surface area contributed by atoms with Crippen molar-refractivity contribution in [1.82, 2.24) is 0 Å². The van der Waals surface area contributed by atoms with Gasteiger partial charge in [-0.3, -0.25) is 0 Å². The zero-order valence-corrected chi connectivity index (χ0v) is 10.0. The number of rotatable bonds is 2. The van der Waals surface area contributed by atoms with Gasteiger partial charge < -0.3 is 5.11 Å². The van der Waals surface area contributed by atoms with Crippen LogP contribution in [0.2, 0.25) is 0 Å². The number of carboxylic acid groups (broad SMARTS) is 1. The molecule has 0 spiro atoms. The van der Waals surface area contributed by atoms with E-state index in [9.17, 15) is 4.79 Å². The van der Waals surface area contributed by atoms with Crippen LogP contribution in [0.4, 0.5) is 0 Å². The highest BCUT2D eigenvalue weighted by Crippen LogP contribution is 2.06. The molecule has 0 aromatic heterocycles. The van der Waals surface area contributed by atoms with Crippen LogP contribution in [0.5, 0.6) is 0 Å². The third-order valence-corrected chi connectivity index (χ3v) is 2.18. The molecular weight excluding hydrogens is 200 g/mol. The van der Waals surface area contributed by atoms with E-state index in [1.54, 1.807) is 19.9 Å². The molecular formula is C14H18O2. The normalized spacial score (nSPS) is 10.1. The first-order valence-corrected chi connectivity index (χ1v) is 5.07. The van der Waals surface area contributed by atoms with E-state index in [1.807, 2.05) is 18.2 Å². The summed E-state index contributed by atoms with van der Waals surface area (Å²) >= 11 is 0. The van der Waals surface area contributed by atoms with Crippen LogP contribution in [0.1, 0.15) is 25.0 Å². The molecule has 0 saturated carbocycles. The monoisotopic (exact) mass is 218 g/mol. The molecule has 0 aliphatic rings. The van der Waals surface area contributed by atoms with E-state index in [1.165, 1.54) is 11.1 Å². The first-order chi connectivity index (χ1) is 7.52. The molecule has 0 unspecified atom stereocenters. The second-order valence-corrected chi connectivity index (χ2v) is 3.34. The fourth-order valence-corrected chi connectivity index (χ4v) is 0.939. The lowest BCUT2D eigenvalue weighted by Crippen LogP contribution is -1.93.